The monoisotopic (exact) mass is 851 g/mol. The molecular formula is C49H90N2O9. The van der Waals surface area contributed by atoms with Crippen molar-refractivity contribution in [2.75, 3.05) is 26.2 Å². The number of nitrogens with zero attached hydrogens (tertiary/aromatic N) is 1. The Hall–Kier alpha value is -2.69. The SMILES string of the molecule is CCCCCCCCCCCCCCCCN(CCCCCCCCCCCCCCCC)CCNC(=O)C1(OC(C)=O)C[C@@H](OC(C)=O)C(OC(C)=O)[C@H](OC(C)=O)C1. The topological polar surface area (TPSA) is 138 Å². The third-order valence-corrected chi connectivity index (χ3v) is 11.9. The van der Waals surface area contributed by atoms with E-state index in [-0.39, 0.29) is 12.8 Å². The molecule has 1 aliphatic rings. The van der Waals surface area contributed by atoms with Gasteiger partial charge in [0.2, 0.25) is 0 Å². The van der Waals surface area contributed by atoms with Crippen LogP contribution < -0.4 is 5.32 Å². The van der Waals surface area contributed by atoms with Gasteiger partial charge in [-0.25, -0.2) is 0 Å². The third kappa shape index (κ3) is 28.0. The van der Waals surface area contributed by atoms with Crippen LogP contribution in [0, 0.1) is 0 Å². The maximum absolute atomic E-state index is 14.0. The number of carbonyl (C=O) groups is 5. The molecule has 0 aliphatic heterocycles. The maximum atomic E-state index is 14.0. The second kappa shape index (κ2) is 35.9. The van der Waals surface area contributed by atoms with E-state index in [0.29, 0.717) is 13.1 Å². The Labute approximate surface area is 366 Å². The van der Waals surface area contributed by atoms with E-state index in [1.807, 2.05) is 0 Å². The quantitative estimate of drug-likeness (QED) is 0.0363. The summed E-state index contributed by atoms with van der Waals surface area (Å²) >= 11 is 0. The first-order valence-electron chi connectivity index (χ1n) is 24.7. The van der Waals surface area contributed by atoms with Gasteiger partial charge in [-0.05, 0) is 25.9 Å². The molecule has 1 aliphatic carbocycles. The normalized spacial score (nSPS) is 18.9. The van der Waals surface area contributed by atoms with Crippen LogP contribution in [0.3, 0.4) is 0 Å². The molecule has 0 aromatic heterocycles. The number of esters is 4. The predicted molar refractivity (Wildman–Crippen MR) is 240 cm³/mol. The van der Waals surface area contributed by atoms with Crippen molar-refractivity contribution in [1.29, 1.82) is 0 Å². The highest BCUT2D eigenvalue weighted by Gasteiger charge is 2.56. The van der Waals surface area contributed by atoms with Gasteiger partial charge < -0.3 is 29.2 Å². The van der Waals surface area contributed by atoms with Crippen molar-refractivity contribution >= 4 is 29.8 Å². The molecule has 11 nitrogen and oxygen atoms in total. The summed E-state index contributed by atoms with van der Waals surface area (Å²) in [5, 5.41) is 2.99. The first-order valence-corrected chi connectivity index (χ1v) is 24.7. The lowest BCUT2D eigenvalue weighted by Crippen LogP contribution is -2.63. The molecule has 1 saturated carbocycles. The molecule has 0 spiro atoms. The standard InChI is InChI=1S/C49H90N2O9/c1-7-9-11-13-15-17-19-21-23-25-27-29-31-33-36-51(37-34-32-30-28-26-24-22-20-18-16-14-12-10-8-2)38-35-50-48(56)49(60-44(6)55)39-45(57-41(3)52)47(59-43(5)54)46(40-49)58-42(4)53/h45-47H,7-40H2,1-6H3,(H,50,56)/t45-,46-,47?,49?/m1/s1. The maximum Gasteiger partial charge on any atom is 0.303 e. The van der Waals surface area contributed by atoms with Crippen LogP contribution in [0.25, 0.3) is 0 Å². The molecule has 350 valence electrons. The number of amides is 1. The Morgan fingerprint density at radius 2 is 0.767 bits per heavy atom. The Morgan fingerprint density at radius 1 is 0.450 bits per heavy atom. The molecule has 0 aromatic carbocycles. The molecule has 0 bridgehead atoms. The molecule has 0 unspecified atom stereocenters. The highest BCUT2D eigenvalue weighted by atomic mass is 16.6. The lowest BCUT2D eigenvalue weighted by molar-refractivity contribution is -0.215. The van der Waals surface area contributed by atoms with Crippen molar-refractivity contribution in [2.45, 2.75) is 258 Å². The minimum Gasteiger partial charge on any atom is -0.458 e. The van der Waals surface area contributed by atoms with Crippen LogP contribution >= 0.6 is 0 Å². The average Bonchev–Trinajstić information content (AvgIpc) is 3.18. The second-order valence-electron chi connectivity index (χ2n) is 17.7. The fourth-order valence-corrected chi connectivity index (χ4v) is 8.67. The highest BCUT2D eigenvalue weighted by molar-refractivity contribution is 5.88. The van der Waals surface area contributed by atoms with Gasteiger partial charge in [0.15, 0.2) is 11.7 Å². The summed E-state index contributed by atoms with van der Waals surface area (Å²) < 4.78 is 22.1. The van der Waals surface area contributed by atoms with Crippen LogP contribution in [-0.4, -0.2) is 84.8 Å². The summed E-state index contributed by atoms with van der Waals surface area (Å²) in [4.78, 5) is 65.2. The largest absolute Gasteiger partial charge is 0.458 e. The number of rotatable bonds is 38. The van der Waals surface area contributed by atoms with Gasteiger partial charge in [0.1, 0.15) is 12.2 Å². The summed E-state index contributed by atoms with van der Waals surface area (Å²) in [5.74, 6) is -3.31. The first-order chi connectivity index (χ1) is 28.9. The molecule has 1 rings (SSSR count). The van der Waals surface area contributed by atoms with Gasteiger partial charge in [0, 0.05) is 53.6 Å². The summed E-state index contributed by atoms with van der Waals surface area (Å²) in [6.45, 7) is 12.2. The van der Waals surface area contributed by atoms with Crippen molar-refractivity contribution in [3.05, 3.63) is 0 Å². The lowest BCUT2D eigenvalue weighted by atomic mass is 9.78. The Morgan fingerprint density at radius 3 is 1.07 bits per heavy atom. The summed E-state index contributed by atoms with van der Waals surface area (Å²) in [6, 6.07) is 0. The van der Waals surface area contributed by atoms with E-state index in [4.69, 9.17) is 18.9 Å². The first kappa shape index (κ1) is 55.3. The fourth-order valence-electron chi connectivity index (χ4n) is 8.67. The highest BCUT2D eigenvalue weighted by Crippen LogP contribution is 2.38. The number of unbranched alkanes of at least 4 members (excludes halogenated alkanes) is 26. The zero-order chi connectivity index (χ0) is 44.3. The molecule has 0 heterocycles. The molecular weight excluding hydrogens is 761 g/mol. The number of hydrogen-bond donors (Lipinski definition) is 1. The van der Waals surface area contributed by atoms with Crippen LogP contribution in [0.4, 0.5) is 0 Å². The summed E-state index contributed by atoms with van der Waals surface area (Å²) in [6.07, 6.45) is 32.8. The fraction of sp³-hybridized carbons (Fsp3) is 0.898. The zero-order valence-corrected chi connectivity index (χ0v) is 39.4. The minimum atomic E-state index is -1.81. The molecule has 2 atom stereocenters. The molecule has 60 heavy (non-hydrogen) atoms. The number of carbonyl (C=O) groups excluding carboxylic acids is 5. The van der Waals surface area contributed by atoms with Crippen LogP contribution in [0.2, 0.25) is 0 Å². The van der Waals surface area contributed by atoms with Crippen LogP contribution in [-0.2, 0) is 42.9 Å². The van der Waals surface area contributed by atoms with Gasteiger partial charge >= 0.3 is 23.9 Å². The van der Waals surface area contributed by atoms with Crippen molar-refractivity contribution < 1.29 is 42.9 Å². The molecule has 11 heteroatoms. The molecule has 0 saturated heterocycles. The van der Waals surface area contributed by atoms with Crippen LogP contribution in [0.15, 0.2) is 0 Å². The van der Waals surface area contributed by atoms with Gasteiger partial charge in [0.25, 0.3) is 5.91 Å². The van der Waals surface area contributed by atoms with E-state index < -0.39 is 53.7 Å². The van der Waals surface area contributed by atoms with Gasteiger partial charge in [-0.3, -0.25) is 24.0 Å². The second-order valence-corrected chi connectivity index (χ2v) is 17.7. The third-order valence-electron chi connectivity index (χ3n) is 11.9. The van der Waals surface area contributed by atoms with E-state index in [9.17, 15) is 24.0 Å². The van der Waals surface area contributed by atoms with Crippen molar-refractivity contribution in [2.24, 2.45) is 0 Å². The summed E-state index contributed by atoms with van der Waals surface area (Å²) in [5.41, 5.74) is -1.81. The minimum absolute atomic E-state index is 0.254. The number of nitrogens with one attached hydrogen (secondary N) is 1. The van der Waals surface area contributed by atoms with Crippen molar-refractivity contribution in [3.8, 4) is 0 Å². The van der Waals surface area contributed by atoms with E-state index in [2.05, 4.69) is 24.1 Å². The Kier molecular flexibility index (Phi) is 33.1. The molecule has 0 aromatic rings. The van der Waals surface area contributed by atoms with Gasteiger partial charge in [-0.2, -0.15) is 0 Å². The Balaban J connectivity index is 2.74. The Bertz CT molecular complexity index is 1090. The van der Waals surface area contributed by atoms with E-state index in [1.54, 1.807) is 0 Å². The van der Waals surface area contributed by atoms with Crippen molar-refractivity contribution in [3.63, 3.8) is 0 Å². The number of hydrogen-bond acceptors (Lipinski definition) is 10. The average molecular weight is 851 g/mol. The smallest absolute Gasteiger partial charge is 0.303 e. The van der Waals surface area contributed by atoms with Crippen LogP contribution in [0.1, 0.15) is 234 Å². The molecule has 1 amide bonds. The van der Waals surface area contributed by atoms with E-state index in [0.717, 1.165) is 25.9 Å². The number of ether oxygens (including phenoxy) is 4. The lowest BCUT2D eigenvalue weighted by Gasteiger charge is -2.44. The van der Waals surface area contributed by atoms with E-state index >= 15 is 0 Å². The van der Waals surface area contributed by atoms with Gasteiger partial charge in [-0.15, -0.1) is 0 Å². The predicted octanol–water partition coefficient (Wildman–Crippen LogP) is 11.3. The summed E-state index contributed by atoms with van der Waals surface area (Å²) in [7, 11) is 0. The molecule has 1 fully saturated rings. The van der Waals surface area contributed by atoms with Gasteiger partial charge in [0.05, 0.1) is 0 Å². The van der Waals surface area contributed by atoms with Crippen molar-refractivity contribution in [1.82, 2.24) is 10.2 Å². The zero-order valence-electron chi connectivity index (χ0n) is 39.4. The van der Waals surface area contributed by atoms with Gasteiger partial charge in [-0.1, -0.05) is 181 Å². The molecule has 1 N–H and O–H groups in total. The van der Waals surface area contributed by atoms with Crippen LogP contribution in [0.5, 0.6) is 0 Å². The van der Waals surface area contributed by atoms with E-state index in [1.165, 1.54) is 195 Å². The molecule has 0 radical (unpaired) electrons.